The molecular formula is C21H24F3NO5. The maximum atomic E-state index is 12.7. The molecule has 0 saturated carbocycles. The largest absolute Gasteiger partial charge is 0.493 e. The van der Waals surface area contributed by atoms with Gasteiger partial charge in [-0.3, -0.25) is 4.79 Å². The molecule has 1 heterocycles. The van der Waals surface area contributed by atoms with Crippen LogP contribution in [0.15, 0.2) is 24.3 Å². The van der Waals surface area contributed by atoms with Crippen molar-refractivity contribution >= 4 is 11.8 Å². The van der Waals surface area contributed by atoms with Gasteiger partial charge < -0.3 is 18.8 Å². The first kappa shape index (κ1) is 23.3. The van der Waals surface area contributed by atoms with Gasteiger partial charge in [0.15, 0.2) is 18.1 Å². The van der Waals surface area contributed by atoms with E-state index in [1.54, 1.807) is 6.07 Å². The maximum absolute atomic E-state index is 12.7. The van der Waals surface area contributed by atoms with Crippen LogP contribution in [-0.2, 0) is 11.3 Å². The average Bonchev–Trinajstić information content (AvgIpc) is 2.92. The lowest BCUT2D eigenvalue weighted by molar-refractivity contribution is -0.141. The van der Waals surface area contributed by atoms with Gasteiger partial charge in [-0.2, -0.15) is 13.2 Å². The zero-order valence-electron chi connectivity index (χ0n) is 17.4. The van der Waals surface area contributed by atoms with E-state index in [1.165, 1.54) is 39.2 Å². The zero-order valence-corrected chi connectivity index (χ0v) is 17.4. The van der Waals surface area contributed by atoms with Crippen molar-refractivity contribution < 1.29 is 37.0 Å². The lowest BCUT2D eigenvalue weighted by Gasteiger charge is -2.14. The number of benzene rings is 1. The molecule has 9 heteroatoms. The molecule has 0 unspecified atom stereocenters. The Morgan fingerprint density at radius 2 is 1.77 bits per heavy atom. The van der Waals surface area contributed by atoms with Crippen molar-refractivity contribution in [2.24, 2.45) is 0 Å². The van der Waals surface area contributed by atoms with Crippen LogP contribution in [0, 0.1) is 13.8 Å². The second-order valence-electron chi connectivity index (χ2n) is 7.02. The summed E-state index contributed by atoms with van der Waals surface area (Å²) in [5.41, 5.74) is 0.703. The van der Waals surface area contributed by atoms with Gasteiger partial charge in [0.25, 0.3) is 0 Å². The molecule has 0 spiro atoms. The molecule has 0 aliphatic rings. The van der Waals surface area contributed by atoms with Crippen molar-refractivity contribution in [2.45, 2.75) is 46.5 Å². The fourth-order valence-electron chi connectivity index (χ4n) is 2.94. The van der Waals surface area contributed by atoms with Crippen LogP contribution in [-0.4, -0.2) is 42.3 Å². The first-order valence-corrected chi connectivity index (χ1v) is 9.21. The van der Waals surface area contributed by atoms with Gasteiger partial charge in [-0.25, -0.2) is 4.79 Å². The molecule has 0 aliphatic carbocycles. The molecule has 6 nitrogen and oxygen atoms in total. The quantitative estimate of drug-likeness (QED) is 0.458. The normalized spacial score (nSPS) is 11.5. The van der Waals surface area contributed by atoms with Gasteiger partial charge >= 0.3 is 12.1 Å². The summed E-state index contributed by atoms with van der Waals surface area (Å²) in [6.07, 6.45) is -4.50. The van der Waals surface area contributed by atoms with Crippen molar-refractivity contribution in [2.75, 3.05) is 13.7 Å². The number of hydrogen-bond acceptors (Lipinski definition) is 5. The van der Waals surface area contributed by atoms with Crippen molar-refractivity contribution in [3.63, 3.8) is 0 Å². The molecular weight excluding hydrogens is 403 g/mol. The Hall–Kier alpha value is -2.97. The third kappa shape index (κ3) is 5.77. The minimum Gasteiger partial charge on any atom is -0.493 e. The fraction of sp³-hybridized carbons (Fsp3) is 0.429. The molecule has 0 amide bonds. The van der Waals surface area contributed by atoms with E-state index in [0.717, 1.165) is 4.57 Å². The third-order valence-corrected chi connectivity index (χ3v) is 4.31. The van der Waals surface area contributed by atoms with E-state index in [1.807, 2.05) is 13.8 Å². The molecule has 1 aromatic carbocycles. The number of alkyl halides is 3. The number of carbonyl (C=O) groups excluding carboxylic acids is 2. The molecule has 0 radical (unpaired) electrons. The second-order valence-corrected chi connectivity index (χ2v) is 7.02. The molecule has 0 bridgehead atoms. The van der Waals surface area contributed by atoms with Crippen LogP contribution in [0.25, 0.3) is 0 Å². The number of aromatic nitrogens is 1. The Bertz CT molecular complexity index is 931. The molecule has 164 valence electrons. The Morgan fingerprint density at radius 1 is 1.10 bits per heavy atom. The zero-order chi connectivity index (χ0) is 22.6. The number of ketones is 1. The van der Waals surface area contributed by atoms with Gasteiger partial charge in [0, 0.05) is 17.0 Å². The van der Waals surface area contributed by atoms with E-state index in [2.05, 4.69) is 0 Å². The molecule has 1 aromatic heterocycles. The Kier molecular flexibility index (Phi) is 7.17. The van der Waals surface area contributed by atoms with Crippen molar-refractivity contribution in [3.05, 3.63) is 46.8 Å². The van der Waals surface area contributed by atoms with E-state index in [-0.39, 0.29) is 22.9 Å². The number of methoxy groups -OCH3 is 1. The Labute approximate surface area is 172 Å². The third-order valence-electron chi connectivity index (χ3n) is 4.31. The van der Waals surface area contributed by atoms with Crippen LogP contribution in [0.3, 0.4) is 0 Å². The molecule has 0 saturated heterocycles. The fourth-order valence-corrected chi connectivity index (χ4v) is 2.94. The first-order chi connectivity index (χ1) is 13.9. The Morgan fingerprint density at radius 3 is 2.33 bits per heavy atom. The molecule has 0 atom stereocenters. The highest BCUT2D eigenvalue weighted by molar-refractivity contribution is 6.00. The van der Waals surface area contributed by atoms with E-state index in [0.29, 0.717) is 17.2 Å². The SMILES string of the molecule is COc1cc(C(=O)OCC(=O)c2cc(C)n(CC(F)(F)F)c2C)ccc1OC(C)C. The highest BCUT2D eigenvalue weighted by Crippen LogP contribution is 2.29. The summed E-state index contributed by atoms with van der Waals surface area (Å²) < 4.78 is 55.0. The smallest absolute Gasteiger partial charge is 0.406 e. The number of carbonyl (C=O) groups is 2. The van der Waals surface area contributed by atoms with Crippen LogP contribution in [0.5, 0.6) is 11.5 Å². The topological polar surface area (TPSA) is 66.8 Å². The van der Waals surface area contributed by atoms with Crippen LogP contribution >= 0.6 is 0 Å². The van der Waals surface area contributed by atoms with Crippen molar-refractivity contribution in [1.82, 2.24) is 4.57 Å². The summed E-state index contributed by atoms with van der Waals surface area (Å²) in [4.78, 5) is 24.7. The lowest BCUT2D eigenvalue weighted by Crippen LogP contribution is -2.20. The van der Waals surface area contributed by atoms with Gasteiger partial charge in [0.05, 0.1) is 18.8 Å². The summed E-state index contributed by atoms with van der Waals surface area (Å²) in [7, 11) is 1.43. The van der Waals surface area contributed by atoms with Crippen LogP contribution in [0.1, 0.15) is 46.0 Å². The average molecular weight is 427 g/mol. The van der Waals surface area contributed by atoms with Crippen molar-refractivity contribution in [3.8, 4) is 11.5 Å². The number of Topliss-reactive ketones (excluding diaryl/α,β-unsaturated/α-hetero) is 1. The minimum absolute atomic E-state index is 0.0859. The molecule has 0 fully saturated rings. The van der Waals surface area contributed by atoms with E-state index in [9.17, 15) is 22.8 Å². The van der Waals surface area contributed by atoms with Crippen LogP contribution in [0.4, 0.5) is 13.2 Å². The van der Waals surface area contributed by atoms with E-state index >= 15 is 0 Å². The number of nitrogens with zero attached hydrogens (tertiary/aromatic N) is 1. The predicted octanol–water partition coefficient (Wildman–Crippen LogP) is 4.50. The standard InChI is InChI=1S/C21H24F3NO5/c1-12(2)30-18-7-6-15(9-19(18)28-5)20(27)29-10-17(26)16-8-13(3)25(14(16)4)11-21(22,23)24/h6-9,12H,10-11H2,1-5H3. The second kappa shape index (κ2) is 9.23. The van der Waals surface area contributed by atoms with Gasteiger partial charge in [-0.1, -0.05) is 0 Å². The van der Waals surface area contributed by atoms with E-state index < -0.39 is 31.1 Å². The first-order valence-electron chi connectivity index (χ1n) is 9.21. The van der Waals surface area contributed by atoms with Gasteiger partial charge in [0.1, 0.15) is 6.54 Å². The van der Waals surface area contributed by atoms with E-state index in [4.69, 9.17) is 14.2 Å². The lowest BCUT2D eigenvalue weighted by atomic mass is 10.1. The summed E-state index contributed by atoms with van der Waals surface area (Å²) in [5.74, 6) is -0.559. The summed E-state index contributed by atoms with van der Waals surface area (Å²) >= 11 is 0. The summed E-state index contributed by atoms with van der Waals surface area (Å²) in [5, 5.41) is 0. The Balaban J connectivity index is 2.10. The number of aryl methyl sites for hydroxylation is 1. The summed E-state index contributed by atoms with van der Waals surface area (Å²) in [6, 6.07) is 5.82. The van der Waals surface area contributed by atoms with Gasteiger partial charge in [-0.05, 0) is 52.0 Å². The van der Waals surface area contributed by atoms with Crippen LogP contribution in [0.2, 0.25) is 0 Å². The molecule has 0 aliphatic heterocycles. The number of esters is 1. The molecule has 30 heavy (non-hydrogen) atoms. The number of ether oxygens (including phenoxy) is 3. The van der Waals surface area contributed by atoms with Gasteiger partial charge in [-0.15, -0.1) is 0 Å². The maximum Gasteiger partial charge on any atom is 0.406 e. The number of hydrogen-bond donors (Lipinski definition) is 0. The monoisotopic (exact) mass is 427 g/mol. The summed E-state index contributed by atoms with van der Waals surface area (Å²) in [6.45, 7) is 4.81. The molecule has 0 N–H and O–H groups in total. The highest BCUT2D eigenvalue weighted by Gasteiger charge is 2.30. The van der Waals surface area contributed by atoms with Gasteiger partial charge in [0.2, 0.25) is 5.78 Å². The van der Waals surface area contributed by atoms with Crippen molar-refractivity contribution in [1.29, 1.82) is 0 Å². The van der Waals surface area contributed by atoms with Crippen LogP contribution < -0.4 is 9.47 Å². The molecule has 2 rings (SSSR count). The minimum atomic E-state index is -4.41. The molecule has 2 aromatic rings. The highest BCUT2D eigenvalue weighted by atomic mass is 19.4. The predicted molar refractivity (Wildman–Crippen MR) is 103 cm³/mol. The number of halogens is 3. The number of rotatable bonds is 8.